The summed E-state index contributed by atoms with van der Waals surface area (Å²) in [5.74, 6) is 0.897. The smallest absolute Gasteiger partial charge is 0.119 e. The molecule has 2 N–H and O–H groups in total. The molecule has 19 heavy (non-hydrogen) atoms. The van der Waals surface area contributed by atoms with Gasteiger partial charge in [0.2, 0.25) is 0 Å². The second-order valence-electron chi connectivity index (χ2n) is 4.42. The summed E-state index contributed by atoms with van der Waals surface area (Å²) >= 11 is 0. The Morgan fingerprint density at radius 1 is 1.05 bits per heavy atom. The standard InChI is InChI=1S/C15H25NO3/c1-3-9-19-14-6-4-13(5-7-14)15(16)8-10-18-12-11-17-2/h4-7,15H,3,8-12,16H2,1-2H3. The zero-order chi connectivity index (χ0) is 13.9. The summed E-state index contributed by atoms with van der Waals surface area (Å²) in [6.45, 7) is 4.73. The third kappa shape index (κ3) is 6.57. The predicted octanol–water partition coefficient (Wildman–Crippen LogP) is 2.53. The highest BCUT2D eigenvalue weighted by molar-refractivity contribution is 5.29. The second-order valence-corrected chi connectivity index (χ2v) is 4.42. The molecule has 1 aromatic rings. The van der Waals surface area contributed by atoms with Crippen molar-refractivity contribution in [2.24, 2.45) is 5.73 Å². The Kier molecular flexibility index (Phi) is 8.21. The number of methoxy groups -OCH3 is 1. The summed E-state index contributed by atoms with van der Waals surface area (Å²) in [5.41, 5.74) is 7.22. The van der Waals surface area contributed by atoms with Gasteiger partial charge in [-0.15, -0.1) is 0 Å². The molecule has 0 aliphatic rings. The van der Waals surface area contributed by atoms with Crippen LogP contribution in [0.2, 0.25) is 0 Å². The molecule has 4 nitrogen and oxygen atoms in total. The van der Waals surface area contributed by atoms with Gasteiger partial charge < -0.3 is 19.9 Å². The van der Waals surface area contributed by atoms with Gasteiger partial charge in [-0.05, 0) is 30.5 Å². The third-order valence-corrected chi connectivity index (χ3v) is 2.79. The van der Waals surface area contributed by atoms with E-state index in [1.807, 2.05) is 24.3 Å². The lowest BCUT2D eigenvalue weighted by atomic mass is 10.1. The van der Waals surface area contributed by atoms with Gasteiger partial charge in [-0.3, -0.25) is 0 Å². The quantitative estimate of drug-likeness (QED) is 0.662. The van der Waals surface area contributed by atoms with E-state index in [0.717, 1.165) is 30.8 Å². The molecule has 1 unspecified atom stereocenters. The summed E-state index contributed by atoms with van der Waals surface area (Å²) in [4.78, 5) is 0. The first-order valence-corrected chi connectivity index (χ1v) is 6.83. The molecule has 0 heterocycles. The Hall–Kier alpha value is -1.10. The van der Waals surface area contributed by atoms with E-state index in [-0.39, 0.29) is 6.04 Å². The van der Waals surface area contributed by atoms with Crippen LogP contribution in [0, 0.1) is 0 Å². The molecule has 1 aromatic carbocycles. The Bertz CT molecular complexity index is 327. The van der Waals surface area contributed by atoms with Gasteiger partial charge in [0.1, 0.15) is 5.75 Å². The van der Waals surface area contributed by atoms with E-state index in [0.29, 0.717) is 19.8 Å². The molecule has 0 radical (unpaired) electrons. The Balaban J connectivity index is 2.29. The maximum absolute atomic E-state index is 6.11. The molecule has 0 aliphatic heterocycles. The fraction of sp³-hybridized carbons (Fsp3) is 0.600. The number of ether oxygens (including phenoxy) is 3. The molecule has 0 amide bonds. The van der Waals surface area contributed by atoms with Crippen molar-refractivity contribution < 1.29 is 14.2 Å². The zero-order valence-corrected chi connectivity index (χ0v) is 11.9. The van der Waals surface area contributed by atoms with Gasteiger partial charge >= 0.3 is 0 Å². The molecule has 0 saturated carbocycles. The summed E-state index contributed by atoms with van der Waals surface area (Å²) in [5, 5.41) is 0. The molecular weight excluding hydrogens is 242 g/mol. The minimum atomic E-state index is 0.00256. The summed E-state index contributed by atoms with van der Waals surface area (Å²) in [6, 6.07) is 7.98. The SMILES string of the molecule is CCCOc1ccc(C(N)CCOCCOC)cc1. The van der Waals surface area contributed by atoms with Crippen LogP contribution in [0.1, 0.15) is 31.4 Å². The van der Waals surface area contributed by atoms with Gasteiger partial charge in [0.05, 0.1) is 19.8 Å². The molecule has 108 valence electrons. The van der Waals surface area contributed by atoms with Crippen LogP contribution < -0.4 is 10.5 Å². The first-order valence-electron chi connectivity index (χ1n) is 6.83. The van der Waals surface area contributed by atoms with Crippen LogP contribution in [0.25, 0.3) is 0 Å². The Labute approximate surface area is 115 Å². The van der Waals surface area contributed by atoms with Crippen molar-refractivity contribution in [2.75, 3.05) is 33.5 Å². The molecular formula is C15H25NO3. The van der Waals surface area contributed by atoms with E-state index >= 15 is 0 Å². The number of nitrogens with two attached hydrogens (primary N) is 1. The van der Waals surface area contributed by atoms with Crippen molar-refractivity contribution in [2.45, 2.75) is 25.8 Å². The summed E-state index contributed by atoms with van der Waals surface area (Å²) < 4.78 is 15.9. The molecule has 4 heteroatoms. The van der Waals surface area contributed by atoms with Gasteiger partial charge in [0.15, 0.2) is 0 Å². The van der Waals surface area contributed by atoms with Crippen LogP contribution in [0.3, 0.4) is 0 Å². The monoisotopic (exact) mass is 267 g/mol. The summed E-state index contributed by atoms with van der Waals surface area (Å²) in [6.07, 6.45) is 1.82. The Morgan fingerprint density at radius 3 is 2.42 bits per heavy atom. The fourth-order valence-electron chi connectivity index (χ4n) is 1.65. The number of benzene rings is 1. The highest BCUT2D eigenvalue weighted by Gasteiger charge is 2.06. The van der Waals surface area contributed by atoms with Crippen molar-refractivity contribution in [3.8, 4) is 5.75 Å². The van der Waals surface area contributed by atoms with Gasteiger partial charge in [-0.2, -0.15) is 0 Å². The zero-order valence-electron chi connectivity index (χ0n) is 11.9. The van der Waals surface area contributed by atoms with Crippen molar-refractivity contribution in [3.63, 3.8) is 0 Å². The van der Waals surface area contributed by atoms with E-state index in [1.54, 1.807) is 7.11 Å². The molecule has 1 rings (SSSR count). The first kappa shape index (κ1) is 16.0. The van der Waals surface area contributed by atoms with E-state index in [4.69, 9.17) is 19.9 Å². The van der Waals surface area contributed by atoms with E-state index in [9.17, 15) is 0 Å². The van der Waals surface area contributed by atoms with Crippen LogP contribution in [0.5, 0.6) is 5.75 Å². The molecule has 0 bridgehead atoms. The lowest BCUT2D eigenvalue weighted by Gasteiger charge is -2.13. The fourth-order valence-corrected chi connectivity index (χ4v) is 1.65. The molecule has 0 aliphatic carbocycles. The summed E-state index contributed by atoms with van der Waals surface area (Å²) in [7, 11) is 1.66. The van der Waals surface area contributed by atoms with Crippen LogP contribution in [0.4, 0.5) is 0 Å². The van der Waals surface area contributed by atoms with Crippen LogP contribution in [0.15, 0.2) is 24.3 Å². The normalized spacial score (nSPS) is 12.4. The minimum Gasteiger partial charge on any atom is -0.494 e. The topological polar surface area (TPSA) is 53.7 Å². The second kappa shape index (κ2) is 9.78. The molecule has 0 saturated heterocycles. The van der Waals surface area contributed by atoms with Crippen molar-refractivity contribution in [1.82, 2.24) is 0 Å². The molecule has 0 spiro atoms. The van der Waals surface area contributed by atoms with E-state index in [1.165, 1.54) is 0 Å². The highest BCUT2D eigenvalue weighted by Crippen LogP contribution is 2.18. The lowest BCUT2D eigenvalue weighted by Crippen LogP contribution is -2.14. The molecule has 0 fully saturated rings. The van der Waals surface area contributed by atoms with Crippen LogP contribution >= 0.6 is 0 Å². The minimum absolute atomic E-state index is 0.00256. The number of rotatable bonds is 10. The average Bonchev–Trinajstić information content (AvgIpc) is 2.45. The van der Waals surface area contributed by atoms with Crippen molar-refractivity contribution in [1.29, 1.82) is 0 Å². The first-order chi connectivity index (χ1) is 9.27. The predicted molar refractivity (Wildman–Crippen MR) is 76.5 cm³/mol. The van der Waals surface area contributed by atoms with Gasteiger partial charge in [-0.1, -0.05) is 19.1 Å². The lowest BCUT2D eigenvalue weighted by molar-refractivity contribution is 0.0672. The number of hydrogen-bond acceptors (Lipinski definition) is 4. The molecule has 1 atom stereocenters. The molecule has 0 aromatic heterocycles. The third-order valence-electron chi connectivity index (χ3n) is 2.79. The van der Waals surface area contributed by atoms with E-state index in [2.05, 4.69) is 6.92 Å². The van der Waals surface area contributed by atoms with Crippen LogP contribution in [-0.2, 0) is 9.47 Å². The largest absolute Gasteiger partial charge is 0.494 e. The maximum Gasteiger partial charge on any atom is 0.119 e. The highest BCUT2D eigenvalue weighted by atomic mass is 16.5. The van der Waals surface area contributed by atoms with Gasteiger partial charge in [-0.25, -0.2) is 0 Å². The van der Waals surface area contributed by atoms with Gasteiger partial charge in [0.25, 0.3) is 0 Å². The van der Waals surface area contributed by atoms with Crippen LogP contribution in [-0.4, -0.2) is 33.5 Å². The van der Waals surface area contributed by atoms with Crippen molar-refractivity contribution >= 4 is 0 Å². The van der Waals surface area contributed by atoms with Gasteiger partial charge in [0, 0.05) is 19.8 Å². The Morgan fingerprint density at radius 2 is 1.79 bits per heavy atom. The average molecular weight is 267 g/mol. The number of hydrogen-bond donors (Lipinski definition) is 1. The van der Waals surface area contributed by atoms with Crippen molar-refractivity contribution in [3.05, 3.63) is 29.8 Å². The van der Waals surface area contributed by atoms with E-state index < -0.39 is 0 Å². The maximum atomic E-state index is 6.11.